The van der Waals surface area contributed by atoms with Crippen molar-refractivity contribution in [2.45, 2.75) is 38.1 Å². The van der Waals surface area contributed by atoms with Gasteiger partial charge < -0.3 is 26.9 Å². The molecular formula is C22H30ClN2O2S-. The smallest absolute Gasteiger partial charge is 0.227 e. The molecule has 0 unspecified atom stereocenters. The number of piperidine rings is 1. The van der Waals surface area contributed by atoms with Crippen LogP contribution in [0.3, 0.4) is 0 Å². The molecule has 0 aliphatic carbocycles. The Morgan fingerprint density at radius 1 is 1.18 bits per heavy atom. The SMILES string of the molecule is CCC(=O)N(c1ccccc1)C1(COC)CCN(CCc2cccs2)CC1.[Cl-]. The largest absolute Gasteiger partial charge is 1.00 e. The van der Waals surface area contributed by atoms with Crippen molar-refractivity contribution in [3.63, 3.8) is 0 Å². The summed E-state index contributed by atoms with van der Waals surface area (Å²) in [5.74, 6) is 0.172. The van der Waals surface area contributed by atoms with Gasteiger partial charge >= 0.3 is 0 Å². The molecule has 0 saturated carbocycles. The second kappa shape index (κ2) is 11.0. The normalized spacial score (nSPS) is 16.4. The van der Waals surface area contributed by atoms with Crippen molar-refractivity contribution in [2.24, 2.45) is 0 Å². The number of anilines is 1. The molecule has 4 nitrogen and oxygen atoms in total. The van der Waals surface area contributed by atoms with Crippen molar-refractivity contribution in [1.82, 2.24) is 4.90 Å². The van der Waals surface area contributed by atoms with Gasteiger partial charge in [0.1, 0.15) is 0 Å². The quantitative estimate of drug-likeness (QED) is 0.642. The van der Waals surface area contributed by atoms with Crippen molar-refractivity contribution in [1.29, 1.82) is 0 Å². The van der Waals surface area contributed by atoms with E-state index in [9.17, 15) is 4.79 Å². The molecule has 1 aromatic heterocycles. The van der Waals surface area contributed by atoms with Crippen LogP contribution in [0.5, 0.6) is 0 Å². The second-order valence-electron chi connectivity index (χ2n) is 7.25. The lowest BCUT2D eigenvalue weighted by Gasteiger charge is -2.48. The Hall–Kier alpha value is -1.40. The zero-order valence-corrected chi connectivity index (χ0v) is 18.3. The minimum Gasteiger partial charge on any atom is -1.00 e. The van der Waals surface area contributed by atoms with Crippen molar-refractivity contribution in [2.75, 3.05) is 38.3 Å². The van der Waals surface area contributed by atoms with Gasteiger partial charge in [0.15, 0.2) is 0 Å². The molecular weight excluding hydrogens is 392 g/mol. The molecule has 2 aromatic rings. The second-order valence-corrected chi connectivity index (χ2v) is 8.28. The summed E-state index contributed by atoms with van der Waals surface area (Å²) in [4.78, 5) is 18.9. The maximum Gasteiger partial charge on any atom is 0.227 e. The van der Waals surface area contributed by atoms with E-state index in [1.807, 2.05) is 53.5 Å². The van der Waals surface area contributed by atoms with Crippen LogP contribution in [0, 0.1) is 0 Å². The van der Waals surface area contributed by atoms with Gasteiger partial charge in [-0.3, -0.25) is 4.79 Å². The molecule has 1 aliphatic heterocycles. The number of amides is 1. The van der Waals surface area contributed by atoms with Crippen LogP contribution in [0.4, 0.5) is 5.69 Å². The van der Waals surface area contributed by atoms with E-state index in [4.69, 9.17) is 4.74 Å². The minimum atomic E-state index is -0.261. The molecule has 6 heteroatoms. The lowest BCUT2D eigenvalue weighted by atomic mass is 9.85. The van der Waals surface area contributed by atoms with Crippen LogP contribution < -0.4 is 17.3 Å². The number of ether oxygens (including phenoxy) is 1. The summed E-state index contributed by atoms with van der Waals surface area (Å²) in [6, 6.07) is 14.4. The molecule has 0 spiro atoms. The number of hydrogen-bond donors (Lipinski definition) is 0. The minimum absolute atomic E-state index is 0. The number of rotatable bonds is 8. The highest BCUT2D eigenvalue weighted by atomic mass is 35.5. The Balaban J connectivity index is 0.00000280. The number of halogens is 1. The number of benzene rings is 1. The van der Waals surface area contributed by atoms with Gasteiger partial charge in [0.05, 0.1) is 12.1 Å². The fourth-order valence-corrected chi connectivity index (χ4v) is 4.73. The average molecular weight is 422 g/mol. The van der Waals surface area contributed by atoms with E-state index >= 15 is 0 Å². The molecule has 28 heavy (non-hydrogen) atoms. The van der Waals surface area contributed by atoms with Gasteiger partial charge in [-0.05, 0) is 42.8 Å². The summed E-state index contributed by atoms with van der Waals surface area (Å²) in [5, 5.41) is 2.14. The number of carbonyl (C=O) groups is 1. The predicted octanol–water partition coefficient (Wildman–Crippen LogP) is 1.22. The van der Waals surface area contributed by atoms with Crippen LogP contribution in [0.2, 0.25) is 0 Å². The number of hydrogen-bond acceptors (Lipinski definition) is 4. The third-order valence-corrected chi connectivity index (χ3v) is 6.43. The first-order valence-corrected chi connectivity index (χ1v) is 10.7. The molecule has 1 saturated heterocycles. The van der Waals surface area contributed by atoms with Gasteiger partial charge in [0, 0.05) is 43.7 Å². The van der Waals surface area contributed by atoms with E-state index in [1.54, 1.807) is 7.11 Å². The molecule has 1 aromatic carbocycles. The van der Waals surface area contributed by atoms with Gasteiger partial charge in [0.25, 0.3) is 0 Å². The zero-order valence-electron chi connectivity index (χ0n) is 16.8. The number of para-hydroxylation sites is 1. The van der Waals surface area contributed by atoms with Gasteiger partial charge in [-0.15, -0.1) is 11.3 Å². The van der Waals surface area contributed by atoms with Gasteiger partial charge in [-0.1, -0.05) is 31.2 Å². The van der Waals surface area contributed by atoms with Crippen LogP contribution in [0.1, 0.15) is 31.1 Å². The van der Waals surface area contributed by atoms with Crippen LogP contribution in [-0.4, -0.2) is 49.7 Å². The molecule has 1 fully saturated rings. The highest BCUT2D eigenvalue weighted by molar-refractivity contribution is 7.09. The lowest BCUT2D eigenvalue weighted by molar-refractivity contribution is -0.120. The molecule has 0 bridgehead atoms. The van der Waals surface area contributed by atoms with E-state index in [0.717, 1.165) is 44.6 Å². The first-order valence-electron chi connectivity index (χ1n) is 9.80. The number of carbonyl (C=O) groups excluding carboxylic acids is 1. The molecule has 0 atom stereocenters. The average Bonchev–Trinajstić information content (AvgIpc) is 3.22. The molecule has 1 aliphatic rings. The van der Waals surface area contributed by atoms with Gasteiger partial charge in [-0.2, -0.15) is 0 Å². The van der Waals surface area contributed by atoms with Crippen LogP contribution in [-0.2, 0) is 16.0 Å². The van der Waals surface area contributed by atoms with Crippen molar-refractivity contribution in [3.8, 4) is 0 Å². The van der Waals surface area contributed by atoms with E-state index in [1.165, 1.54) is 4.88 Å². The Morgan fingerprint density at radius 2 is 1.89 bits per heavy atom. The standard InChI is InChI=1S/C22H30N2O2S.ClH/c1-3-21(25)24(19-8-5-4-6-9-19)22(18-26-2)12-15-23(16-13-22)14-11-20-10-7-17-27-20;/h4-10,17H,3,11-16,18H2,1-2H3;1H/p-1. The molecule has 3 rings (SSSR count). The third kappa shape index (κ3) is 5.35. The fraction of sp³-hybridized carbons (Fsp3) is 0.500. The van der Waals surface area contributed by atoms with Crippen molar-refractivity contribution >= 4 is 22.9 Å². The highest BCUT2D eigenvalue weighted by Crippen LogP contribution is 2.34. The van der Waals surface area contributed by atoms with E-state index < -0.39 is 0 Å². The Morgan fingerprint density at radius 3 is 2.46 bits per heavy atom. The molecule has 2 heterocycles. The fourth-order valence-electron chi connectivity index (χ4n) is 4.03. The topological polar surface area (TPSA) is 32.8 Å². The van der Waals surface area contributed by atoms with E-state index in [-0.39, 0.29) is 23.9 Å². The number of thiophene rings is 1. The zero-order chi connectivity index (χ0) is 19.1. The summed E-state index contributed by atoms with van der Waals surface area (Å²) < 4.78 is 5.63. The van der Waals surface area contributed by atoms with E-state index in [2.05, 4.69) is 22.4 Å². The predicted molar refractivity (Wildman–Crippen MR) is 113 cm³/mol. The number of nitrogens with zero attached hydrogens (tertiary/aromatic N) is 2. The molecule has 0 radical (unpaired) electrons. The number of methoxy groups -OCH3 is 1. The van der Waals surface area contributed by atoms with Crippen LogP contribution >= 0.6 is 11.3 Å². The summed E-state index contributed by atoms with van der Waals surface area (Å²) in [5.41, 5.74) is 0.719. The summed E-state index contributed by atoms with van der Waals surface area (Å²) in [6.07, 6.45) is 3.48. The van der Waals surface area contributed by atoms with Crippen molar-refractivity contribution < 1.29 is 21.9 Å². The maximum absolute atomic E-state index is 12.9. The van der Waals surface area contributed by atoms with Gasteiger partial charge in [-0.25, -0.2) is 0 Å². The molecule has 1 amide bonds. The third-order valence-electron chi connectivity index (χ3n) is 5.49. The Labute approximate surface area is 178 Å². The first-order chi connectivity index (χ1) is 13.2. The Kier molecular flexibility index (Phi) is 8.96. The lowest BCUT2D eigenvalue weighted by Crippen LogP contribution is -3.00. The molecule has 0 N–H and O–H groups in total. The summed E-state index contributed by atoms with van der Waals surface area (Å²) in [6.45, 7) is 5.59. The monoisotopic (exact) mass is 421 g/mol. The summed E-state index contributed by atoms with van der Waals surface area (Å²) >= 11 is 1.83. The maximum atomic E-state index is 12.9. The molecule has 154 valence electrons. The van der Waals surface area contributed by atoms with Crippen LogP contribution in [0.25, 0.3) is 0 Å². The summed E-state index contributed by atoms with van der Waals surface area (Å²) in [7, 11) is 1.74. The number of likely N-dealkylation sites (tertiary alicyclic amines) is 1. The Bertz CT molecular complexity index is 701. The van der Waals surface area contributed by atoms with E-state index in [0.29, 0.717) is 13.0 Å². The van der Waals surface area contributed by atoms with Crippen LogP contribution in [0.15, 0.2) is 47.8 Å². The first kappa shape index (κ1) is 22.9. The van der Waals surface area contributed by atoms with Crippen molar-refractivity contribution in [3.05, 3.63) is 52.7 Å². The van der Waals surface area contributed by atoms with Gasteiger partial charge in [0.2, 0.25) is 5.91 Å². The highest BCUT2D eigenvalue weighted by Gasteiger charge is 2.42.